The Hall–Kier alpha value is -0.340. The number of rotatable bonds is 5. The summed E-state index contributed by atoms with van der Waals surface area (Å²) in [7, 11) is 0. The summed E-state index contributed by atoms with van der Waals surface area (Å²) in [6, 6.07) is 7.26. The molecule has 0 spiro atoms. The van der Waals surface area contributed by atoms with Crippen LogP contribution in [-0.4, -0.2) is 6.54 Å². The van der Waals surface area contributed by atoms with Gasteiger partial charge >= 0.3 is 0 Å². The highest BCUT2D eigenvalue weighted by Gasteiger charge is 2.28. The van der Waals surface area contributed by atoms with Crippen molar-refractivity contribution in [2.45, 2.75) is 58.9 Å². The first-order valence-corrected chi connectivity index (χ1v) is 8.90. The van der Waals surface area contributed by atoms with Crippen molar-refractivity contribution in [3.63, 3.8) is 0 Å². The van der Waals surface area contributed by atoms with E-state index in [-0.39, 0.29) is 0 Å². The summed E-state index contributed by atoms with van der Waals surface area (Å²) in [4.78, 5) is 0. The summed E-state index contributed by atoms with van der Waals surface area (Å²) in [5.74, 6) is 1.66. The van der Waals surface area contributed by atoms with Gasteiger partial charge in [0.2, 0.25) is 0 Å². The topological polar surface area (TPSA) is 12.0 Å². The molecule has 1 fully saturated rings. The molecule has 0 aliphatic heterocycles. The predicted octanol–water partition coefficient (Wildman–Crippen LogP) is 5.62. The van der Waals surface area contributed by atoms with E-state index in [1.807, 2.05) is 0 Å². The average molecular weight is 338 g/mol. The standard InChI is InChI=1S/C18H28BrN/c1-4-10-20-18(15-7-5-6-13(2)11-15)16-12-14(3)8-9-17(16)19/h8-9,12-13,15,18,20H,4-7,10-11H2,1-3H3. The second-order valence-corrected chi connectivity index (χ2v) is 7.34. The first-order chi connectivity index (χ1) is 9.61. The molecule has 0 heterocycles. The molecule has 0 aromatic heterocycles. The van der Waals surface area contributed by atoms with Crippen molar-refractivity contribution in [3.8, 4) is 0 Å². The number of aryl methyl sites for hydroxylation is 1. The SMILES string of the molecule is CCCNC(c1cc(C)ccc1Br)C1CCCC(C)C1. The normalized spacial score (nSPS) is 24.6. The minimum absolute atomic E-state index is 0.506. The van der Waals surface area contributed by atoms with Crippen molar-refractivity contribution in [1.82, 2.24) is 5.32 Å². The highest BCUT2D eigenvalue weighted by Crippen LogP contribution is 2.39. The fraction of sp³-hybridized carbons (Fsp3) is 0.667. The van der Waals surface area contributed by atoms with Crippen LogP contribution < -0.4 is 5.32 Å². The Labute approximate surface area is 132 Å². The molecule has 1 N–H and O–H groups in total. The minimum atomic E-state index is 0.506. The zero-order valence-corrected chi connectivity index (χ0v) is 14.7. The smallest absolute Gasteiger partial charge is 0.0360 e. The molecular weight excluding hydrogens is 310 g/mol. The van der Waals surface area contributed by atoms with E-state index in [2.05, 4.69) is 60.2 Å². The van der Waals surface area contributed by atoms with Crippen molar-refractivity contribution < 1.29 is 0 Å². The van der Waals surface area contributed by atoms with Crippen LogP contribution >= 0.6 is 15.9 Å². The first-order valence-electron chi connectivity index (χ1n) is 8.11. The Morgan fingerprint density at radius 3 is 2.85 bits per heavy atom. The van der Waals surface area contributed by atoms with Gasteiger partial charge < -0.3 is 5.32 Å². The summed E-state index contributed by atoms with van der Waals surface area (Å²) in [5.41, 5.74) is 2.81. The maximum atomic E-state index is 3.81. The van der Waals surface area contributed by atoms with E-state index in [9.17, 15) is 0 Å². The van der Waals surface area contributed by atoms with E-state index in [1.165, 1.54) is 47.7 Å². The zero-order chi connectivity index (χ0) is 14.5. The second-order valence-electron chi connectivity index (χ2n) is 6.49. The molecular formula is C18H28BrN. The summed E-state index contributed by atoms with van der Waals surface area (Å²) >= 11 is 3.76. The summed E-state index contributed by atoms with van der Waals surface area (Å²) in [5, 5.41) is 3.81. The molecule has 3 atom stereocenters. The largest absolute Gasteiger partial charge is 0.310 e. The van der Waals surface area contributed by atoms with Crippen molar-refractivity contribution in [3.05, 3.63) is 33.8 Å². The third kappa shape index (κ3) is 4.08. The number of hydrogen-bond acceptors (Lipinski definition) is 1. The van der Waals surface area contributed by atoms with E-state index in [1.54, 1.807) is 0 Å². The van der Waals surface area contributed by atoms with Crippen LogP contribution in [0.4, 0.5) is 0 Å². The number of benzene rings is 1. The lowest BCUT2D eigenvalue weighted by molar-refractivity contribution is 0.223. The van der Waals surface area contributed by atoms with Gasteiger partial charge in [0.25, 0.3) is 0 Å². The molecule has 0 saturated heterocycles. The van der Waals surface area contributed by atoms with E-state index in [0.717, 1.165) is 18.4 Å². The van der Waals surface area contributed by atoms with E-state index >= 15 is 0 Å². The quantitative estimate of drug-likeness (QED) is 0.734. The Kier molecular flexibility index (Phi) is 6.10. The van der Waals surface area contributed by atoms with E-state index in [0.29, 0.717) is 6.04 Å². The van der Waals surface area contributed by atoms with Gasteiger partial charge in [-0.3, -0.25) is 0 Å². The number of nitrogens with one attached hydrogen (secondary N) is 1. The van der Waals surface area contributed by atoms with Crippen LogP contribution in [0.2, 0.25) is 0 Å². The molecule has 0 bridgehead atoms. The second kappa shape index (κ2) is 7.61. The van der Waals surface area contributed by atoms with Gasteiger partial charge in [-0.25, -0.2) is 0 Å². The summed E-state index contributed by atoms with van der Waals surface area (Å²) in [6.45, 7) is 7.96. The van der Waals surface area contributed by atoms with Gasteiger partial charge in [0, 0.05) is 10.5 Å². The maximum absolute atomic E-state index is 3.81. The van der Waals surface area contributed by atoms with Gasteiger partial charge in [0.1, 0.15) is 0 Å². The van der Waals surface area contributed by atoms with Gasteiger partial charge in [0.15, 0.2) is 0 Å². The highest BCUT2D eigenvalue weighted by molar-refractivity contribution is 9.10. The molecule has 1 saturated carbocycles. The Morgan fingerprint density at radius 2 is 2.15 bits per heavy atom. The van der Waals surface area contributed by atoms with E-state index in [4.69, 9.17) is 0 Å². The molecule has 0 radical (unpaired) electrons. The summed E-state index contributed by atoms with van der Waals surface area (Å²) < 4.78 is 1.26. The maximum Gasteiger partial charge on any atom is 0.0360 e. The third-order valence-electron chi connectivity index (χ3n) is 4.55. The van der Waals surface area contributed by atoms with Crippen LogP contribution in [0.3, 0.4) is 0 Å². The van der Waals surface area contributed by atoms with Crippen LogP contribution in [-0.2, 0) is 0 Å². The van der Waals surface area contributed by atoms with Crippen molar-refractivity contribution in [1.29, 1.82) is 0 Å². The molecule has 1 aliphatic carbocycles. The Morgan fingerprint density at radius 1 is 1.35 bits per heavy atom. The minimum Gasteiger partial charge on any atom is -0.310 e. The van der Waals surface area contributed by atoms with Gasteiger partial charge in [-0.15, -0.1) is 0 Å². The predicted molar refractivity (Wildman–Crippen MR) is 91.0 cm³/mol. The van der Waals surface area contributed by atoms with Crippen LogP contribution in [0.1, 0.15) is 63.1 Å². The van der Waals surface area contributed by atoms with Gasteiger partial charge in [-0.1, -0.05) is 60.3 Å². The molecule has 20 heavy (non-hydrogen) atoms. The summed E-state index contributed by atoms with van der Waals surface area (Å²) in [6.07, 6.45) is 6.72. The van der Waals surface area contributed by atoms with Gasteiger partial charge in [0.05, 0.1) is 0 Å². The number of halogens is 1. The van der Waals surface area contributed by atoms with Crippen LogP contribution in [0, 0.1) is 18.8 Å². The monoisotopic (exact) mass is 337 g/mol. The molecule has 1 aliphatic rings. The lowest BCUT2D eigenvalue weighted by atomic mass is 9.76. The molecule has 2 heteroatoms. The fourth-order valence-electron chi connectivity index (χ4n) is 3.52. The van der Waals surface area contributed by atoms with E-state index < -0.39 is 0 Å². The zero-order valence-electron chi connectivity index (χ0n) is 13.1. The molecule has 1 aromatic carbocycles. The fourth-order valence-corrected chi connectivity index (χ4v) is 4.01. The van der Waals surface area contributed by atoms with Gasteiger partial charge in [-0.05, 0) is 56.2 Å². The lowest BCUT2D eigenvalue weighted by Crippen LogP contribution is -2.32. The average Bonchev–Trinajstić information content (AvgIpc) is 2.43. The lowest BCUT2D eigenvalue weighted by Gasteiger charge is -2.35. The molecule has 112 valence electrons. The first kappa shape index (κ1) is 16.0. The van der Waals surface area contributed by atoms with Crippen molar-refractivity contribution >= 4 is 15.9 Å². The van der Waals surface area contributed by atoms with Gasteiger partial charge in [-0.2, -0.15) is 0 Å². The molecule has 0 amide bonds. The van der Waals surface area contributed by atoms with Crippen molar-refractivity contribution in [2.24, 2.45) is 11.8 Å². The molecule has 1 aromatic rings. The van der Waals surface area contributed by atoms with Crippen LogP contribution in [0.5, 0.6) is 0 Å². The van der Waals surface area contributed by atoms with Crippen LogP contribution in [0.25, 0.3) is 0 Å². The Balaban J connectivity index is 2.23. The molecule has 1 nitrogen and oxygen atoms in total. The third-order valence-corrected chi connectivity index (χ3v) is 5.27. The van der Waals surface area contributed by atoms with Crippen LogP contribution in [0.15, 0.2) is 22.7 Å². The van der Waals surface area contributed by atoms with Crippen molar-refractivity contribution in [2.75, 3.05) is 6.54 Å². The highest BCUT2D eigenvalue weighted by atomic mass is 79.9. The molecule has 3 unspecified atom stereocenters. The Bertz CT molecular complexity index is 429. The number of hydrogen-bond donors (Lipinski definition) is 1. The molecule has 2 rings (SSSR count).